The molecule has 0 radical (unpaired) electrons. The van der Waals surface area contributed by atoms with Gasteiger partial charge in [0.15, 0.2) is 0 Å². The summed E-state index contributed by atoms with van der Waals surface area (Å²) in [6, 6.07) is 1.53. The highest BCUT2D eigenvalue weighted by Crippen LogP contribution is 2.27. The standard InChI is InChI=1S/C14H23N3O4/c1-2-3-4-7-20-9-11-10(18)8-13(21-11)17-6-5-12(15)16-14(17)19/h5-6,10-11,13,18H,2-4,7-9H2,1H3,(H2,15,16,19)/t10?,11-,13-/m1/s1. The highest BCUT2D eigenvalue weighted by atomic mass is 16.6. The second kappa shape index (κ2) is 7.53. The number of rotatable bonds is 7. The molecule has 21 heavy (non-hydrogen) atoms. The molecule has 1 unspecified atom stereocenters. The van der Waals surface area contributed by atoms with Crippen molar-refractivity contribution in [2.45, 2.75) is 51.0 Å². The van der Waals surface area contributed by atoms with Gasteiger partial charge in [-0.15, -0.1) is 0 Å². The Bertz CT molecular complexity index is 505. The maximum absolute atomic E-state index is 11.8. The molecular weight excluding hydrogens is 274 g/mol. The van der Waals surface area contributed by atoms with Crippen LogP contribution in [0.4, 0.5) is 5.82 Å². The minimum Gasteiger partial charge on any atom is -0.390 e. The van der Waals surface area contributed by atoms with Crippen molar-refractivity contribution < 1.29 is 14.6 Å². The Hall–Kier alpha value is -1.44. The molecule has 3 atom stereocenters. The topological polar surface area (TPSA) is 99.6 Å². The van der Waals surface area contributed by atoms with Gasteiger partial charge in [-0.2, -0.15) is 4.98 Å². The number of hydrogen-bond donors (Lipinski definition) is 2. The second-order valence-corrected chi connectivity index (χ2v) is 5.26. The molecule has 7 nitrogen and oxygen atoms in total. The molecule has 0 aromatic carbocycles. The van der Waals surface area contributed by atoms with Gasteiger partial charge in [0.2, 0.25) is 0 Å². The number of ether oxygens (including phenoxy) is 2. The van der Waals surface area contributed by atoms with E-state index in [0.717, 1.165) is 19.3 Å². The Labute approximate surface area is 123 Å². The summed E-state index contributed by atoms with van der Waals surface area (Å²) in [5.41, 5.74) is 4.98. The van der Waals surface area contributed by atoms with Crippen LogP contribution in [0.3, 0.4) is 0 Å². The van der Waals surface area contributed by atoms with Crippen LogP contribution < -0.4 is 11.4 Å². The minimum atomic E-state index is -0.648. The van der Waals surface area contributed by atoms with E-state index in [1.54, 1.807) is 0 Å². The van der Waals surface area contributed by atoms with Gasteiger partial charge in [-0.25, -0.2) is 4.79 Å². The lowest BCUT2D eigenvalue weighted by molar-refractivity contribution is -0.0637. The number of nitrogens with zero attached hydrogens (tertiary/aromatic N) is 2. The summed E-state index contributed by atoms with van der Waals surface area (Å²) in [6.07, 6.45) is 3.56. The normalized spacial score (nSPS) is 25.3. The summed E-state index contributed by atoms with van der Waals surface area (Å²) < 4.78 is 12.6. The number of nitrogens with two attached hydrogens (primary N) is 1. The van der Waals surface area contributed by atoms with Crippen molar-refractivity contribution in [3.05, 3.63) is 22.7 Å². The van der Waals surface area contributed by atoms with Crippen molar-refractivity contribution in [1.82, 2.24) is 9.55 Å². The van der Waals surface area contributed by atoms with Crippen LogP contribution in [0.15, 0.2) is 17.1 Å². The SMILES string of the molecule is CCCCCOC[C@H]1O[C@@H](n2ccc(N)nc2=O)CC1O. The number of nitrogen functional groups attached to an aromatic ring is 1. The molecule has 0 bridgehead atoms. The van der Waals surface area contributed by atoms with Crippen LogP contribution in [-0.4, -0.2) is 40.1 Å². The van der Waals surface area contributed by atoms with E-state index in [4.69, 9.17) is 15.2 Å². The smallest absolute Gasteiger partial charge is 0.351 e. The van der Waals surface area contributed by atoms with E-state index < -0.39 is 24.1 Å². The van der Waals surface area contributed by atoms with E-state index in [9.17, 15) is 9.90 Å². The average Bonchev–Trinajstić information content (AvgIpc) is 2.80. The monoisotopic (exact) mass is 297 g/mol. The van der Waals surface area contributed by atoms with Crippen LogP contribution in [0, 0.1) is 0 Å². The Balaban J connectivity index is 1.87. The molecular formula is C14H23N3O4. The summed E-state index contributed by atoms with van der Waals surface area (Å²) >= 11 is 0. The first kappa shape index (κ1) is 15.9. The molecule has 2 rings (SSSR count). The first-order valence-electron chi connectivity index (χ1n) is 7.37. The predicted octanol–water partition coefficient (Wildman–Crippen LogP) is 0.681. The van der Waals surface area contributed by atoms with E-state index in [2.05, 4.69) is 11.9 Å². The van der Waals surface area contributed by atoms with E-state index in [-0.39, 0.29) is 5.82 Å². The summed E-state index contributed by atoms with van der Waals surface area (Å²) in [4.78, 5) is 15.4. The van der Waals surface area contributed by atoms with Crippen molar-refractivity contribution in [2.75, 3.05) is 18.9 Å². The van der Waals surface area contributed by atoms with E-state index >= 15 is 0 Å². The number of unbranched alkanes of at least 4 members (excludes halogenated alkanes) is 2. The maximum atomic E-state index is 11.8. The second-order valence-electron chi connectivity index (χ2n) is 5.26. The molecule has 2 heterocycles. The van der Waals surface area contributed by atoms with Gasteiger partial charge in [0.05, 0.1) is 12.7 Å². The lowest BCUT2D eigenvalue weighted by Gasteiger charge is -2.16. The molecule has 1 saturated heterocycles. The predicted molar refractivity (Wildman–Crippen MR) is 77.8 cm³/mol. The van der Waals surface area contributed by atoms with Crippen molar-refractivity contribution >= 4 is 5.82 Å². The first-order valence-corrected chi connectivity index (χ1v) is 7.37. The summed E-state index contributed by atoms with van der Waals surface area (Å²) in [5, 5.41) is 10.0. The van der Waals surface area contributed by atoms with Crippen molar-refractivity contribution in [1.29, 1.82) is 0 Å². The fourth-order valence-corrected chi connectivity index (χ4v) is 2.33. The molecule has 7 heteroatoms. The number of aliphatic hydroxyl groups is 1. The fourth-order valence-electron chi connectivity index (χ4n) is 2.33. The van der Waals surface area contributed by atoms with E-state index in [0.29, 0.717) is 19.6 Å². The van der Waals surface area contributed by atoms with Gasteiger partial charge in [-0.05, 0) is 12.5 Å². The molecule has 0 spiro atoms. The van der Waals surface area contributed by atoms with Crippen molar-refractivity contribution in [2.24, 2.45) is 0 Å². The third-order valence-electron chi connectivity index (χ3n) is 3.54. The number of aromatic nitrogens is 2. The summed E-state index contributed by atoms with van der Waals surface area (Å²) in [5.74, 6) is 0.172. The minimum absolute atomic E-state index is 0.172. The molecule has 0 saturated carbocycles. The molecule has 1 aliphatic heterocycles. The molecule has 1 aromatic heterocycles. The van der Waals surface area contributed by atoms with Crippen LogP contribution in [0.1, 0.15) is 38.8 Å². The highest BCUT2D eigenvalue weighted by Gasteiger charge is 2.35. The largest absolute Gasteiger partial charge is 0.390 e. The third-order valence-corrected chi connectivity index (χ3v) is 3.54. The first-order chi connectivity index (χ1) is 10.1. The molecule has 1 aliphatic rings. The molecule has 1 aromatic rings. The van der Waals surface area contributed by atoms with Gasteiger partial charge >= 0.3 is 5.69 Å². The number of aliphatic hydroxyl groups excluding tert-OH is 1. The fraction of sp³-hybridized carbons (Fsp3) is 0.714. The van der Waals surface area contributed by atoms with Crippen LogP contribution in [0.25, 0.3) is 0 Å². The third kappa shape index (κ3) is 4.26. The average molecular weight is 297 g/mol. The lowest BCUT2D eigenvalue weighted by Crippen LogP contribution is -2.28. The molecule has 0 aliphatic carbocycles. The molecule has 1 fully saturated rings. The van der Waals surface area contributed by atoms with E-state index in [1.807, 2.05) is 0 Å². The van der Waals surface area contributed by atoms with Gasteiger partial charge in [0.1, 0.15) is 18.1 Å². The van der Waals surface area contributed by atoms with Crippen LogP contribution >= 0.6 is 0 Å². The van der Waals surface area contributed by atoms with Gasteiger partial charge in [-0.1, -0.05) is 19.8 Å². The highest BCUT2D eigenvalue weighted by molar-refractivity contribution is 5.23. The Kier molecular flexibility index (Phi) is 5.72. The summed E-state index contributed by atoms with van der Waals surface area (Å²) in [6.45, 7) is 3.12. The van der Waals surface area contributed by atoms with Crippen molar-refractivity contribution in [3.8, 4) is 0 Å². The Morgan fingerprint density at radius 2 is 2.38 bits per heavy atom. The summed E-state index contributed by atoms with van der Waals surface area (Å²) in [7, 11) is 0. The quantitative estimate of drug-likeness (QED) is 0.718. The molecule has 3 N–H and O–H groups in total. The van der Waals surface area contributed by atoms with Crippen LogP contribution in [0.5, 0.6) is 0 Å². The number of anilines is 1. The Morgan fingerprint density at radius 3 is 3.10 bits per heavy atom. The van der Waals surface area contributed by atoms with Gasteiger partial charge in [0, 0.05) is 19.2 Å². The van der Waals surface area contributed by atoms with Gasteiger partial charge < -0.3 is 20.3 Å². The Morgan fingerprint density at radius 1 is 1.57 bits per heavy atom. The maximum Gasteiger partial charge on any atom is 0.351 e. The van der Waals surface area contributed by atoms with Crippen molar-refractivity contribution in [3.63, 3.8) is 0 Å². The number of hydrogen-bond acceptors (Lipinski definition) is 6. The van der Waals surface area contributed by atoms with Crippen LogP contribution in [0.2, 0.25) is 0 Å². The van der Waals surface area contributed by atoms with Gasteiger partial charge in [-0.3, -0.25) is 4.57 Å². The zero-order valence-corrected chi connectivity index (χ0v) is 12.3. The molecule has 118 valence electrons. The van der Waals surface area contributed by atoms with E-state index in [1.165, 1.54) is 16.8 Å². The zero-order valence-electron chi connectivity index (χ0n) is 12.3. The van der Waals surface area contributed by atoms with Gasteiger partial charge in [0.25, 0.3) is 0 Å². The molecule has 0 amide bonds. The van der Waals surface area contributed by atoms with Crippen LogP contribution in [-0.2, 0) is 9.47 Å². The lowest BCUT2D eigenvalue weighted by atomic mass is 10.2. The zero-order chi connectivity index (χ0) is 15.2.